The first-order valence-electron chi connectivity index (χ1n) is 9.31. The molecule has 0 bridgehead atoms. The second-order valence-corrected chi connectivity index (χ2v) is 6.85. The quantitative estimate of drug-likeness (QED) is 0.548. The van der Waals surface area contributed by atoms with Gasteiger partial charge < -0.3 is 15.5 Å². The van der Waals surface area contributed by atoms with E-state index in [2.05, 4.69) is 25.7 Å². The summed E-state index contributed by atoms with van der Waals surface area (Å²) in [5.41, 5.74) is 2.65. The summed E-state index contributed by atoms with van der Waals surface area (Å²) in [6.07, 6.45) is 5.98. The van der Waals surface area contributed by atoms with E-state index in [0.717, 1.165) is 5.56 Å². The topological polar surface area (TPSA) is 105 Å². The number of benzene rings is 1. The summed E-state index contributed by atoms with van der Waals surface area (Å²) in [5.74, 6) is 0.0350. The largest absolute Gasteiger partial charge is 0.335 e. The summed E-state index contributed by atoms with van der Waals surface area (Å²) in [6, 6.07) is 12.5. The predicted molar refractivity (Wildman–Crippen MR) is 110 cm³/mol. The van der Waals surface area contributed by atoms with Crippen LogP contribution in [-0.2, 0) is 0 Å². The lowest BCUT2D eigenvalue weighted by atomic mass is 10.0. The number of carbonyl (C=O) groups excluding carboxylic acids is 2. The van der Waals surface area contributed by atoms with E-state index in [4.69, 9.17) is 0 Å². The van der Waals surface area contributed by atoms with Crippen LogP contribution in [0.4, 0.5) is 11.5 Å². The molecule has 2 N–H and O–H groups in total. The molecule has 0 aliphatic carbocycles. The van der Waals surface area contributed by atoms with Crippen molar-refractivity contribution < 1.29 is 9.59 Å². The third kappa shape index (κ3) is 2.84. The van der Waals surface area contributed by atoms with Gasteiger partial charge in [-0.05, 0) is 24.3 Å². The Kier molecular flexibility index (Phi) is 4.13. The number of anilines is 2. The molecule has 1 aliphatic rings. The van der Waals surface area contributed by atoms with Gasteiger partial charge in [-0.15, -0.1) is 0 Å². The molecule has 1 aromatic carbocycles. The van der Waals surface area contributed by atoms with Crippen molar-refractivity contribution >= 4 is 29.0 Å². The second kappa shape index (κ2) is 6.96. The van der Waals surface area contributed by atoms with E-state index in [9.17, 15) is 9.59 Å². The number of rotatable bonds is 3. The Balaban J connectivity index is 1.49. The van der Waals surface area contributed by atoms with Crippen LogP contribution >= 0.6 is 0 Å². The molecule has 3 aromatic heterocycles. The number of para-hydroxylation sites is 1. The van der Waals surface area contributed by atoms with Gasteiger partial charge in [0.1, 0.15) is 17.5 Å². The lowest BCUT2D eigenvalue weighted by Crippen LogP contribution is -2.45. The van der Waals surface area contributed by atoms with Gasteiger partial charge in [0, 0.05) is 36.9 Å². The molecule has 0 fully saturated rings. The lowest BCUT2D eigenvalue weighted by Gasteiger charge is -2.36. The molecule has 0 spiro atoms. The molecular formula is C21H17N7O2. The highest BCUT2D eigenvalue weighted by Gasteiger charge is 2.32. The van der Waals surface area contributed by atoms with Crippen LogP contribution in [0.1, 0.15) is 32.4 Å². The minimum Gasteiger partial charge on any atom is -0.335 e. The smallest absolute Gasteiger partial charge is 0.261 e. The van der Waals surface area contributed by atoms with Crippen molar-refractivity contribution in [1.82, 2.24) is 24.9 Å². The first kappa shape index (κ1) is 17.8. The van der Waals surface area contributed by atoms with Crippen molar-refractivity contribution in [3.8, 4) is 0 Å². The van der Waals surface area contributed by atoms with Crippen LogP contribution in [0, 0.1) is 0 Å². The van der Waals surface area contributed by atoms with Gasteiger partial charge in [0.15, 0.2) is 5.65 Å². The lowest BCUT2D eigenvalue weighted by molar-refractivity contribution is 0.0927. The van der Waals surface area contributed by atoms with Gasteiger partial charge in [0.2, 0.25) is 0 Å². The summed E-state index contributed by atoms with van der Waals surface area (Å²) in [6.45, 7) is 0. The maximum Gasteiger partial charge on any atom is 0.261 e. The number of hydrogen-bond donors (Lipinski definition) is 2. The zero-order chi connectivity index (χ0) is 20.7. The minimum absolute atomic E-state index is 0.214. The fraction of sp³-hybridized carbons (Fsp3) is 0.0952. The first-order valence-corrected chi connectivity index (χ1v) is 9.31. The highest BCUT2D eigenvalue weighted by molar-refractivity contribution is 6.08. The monoisotopic (exact) mass is 399 g/mol. The van der Waals surface area contributed by atoms with Gasteiger partial charge >= 0.3 is 0 Å². The van der Waals surface area contributed by atoms with Crippen LogP contribution in [0.2, 0.25) is 0 Å². The van der Waals surface area contributed by atoms with E-state index in [1.807, 2.05) is 30.1 Å². The fourth-order valence-electron chi connectivity index (χ4n) is 3.59. The van der Waals surface area contributed by atoms with Crippen molar-refractivity contribution in [2.45, 2.75) is 6.17 Å². The van der Waals surface area contributed by atoms with Crippen LogP contribution in [-0.4, -0.2) is 38.4 Å². The van der Waals surface area contributed by atoms with Crippen LogP contribution in [0.15, 0.2) is 67.3 Å². The summed E-state index contributed by atoms with van der Waals surface area (Å²) < 4.78 is 1.54. The molecule has 4 heterocycles. The van der Waals surface area contributed by atoms with Crippen LogP contribution < -0.4 is 15.5 Å². The maximum absolute atomic E-state index is 13.0. The number of nitrogens with one attached hydrogen (secondary N) is 2. The van der Waals surface area contributed by atoms with Gasteiger partial charge in [-0.1, -0.05) is 18.2 Å². The summed E-state index contributed by atoms with van der Waals surface area (Å²) in [4.78, 5) is 36.0. The van der Waals surface area contributed by atoms with E-state index in [1.54, 1.807) is 47.4 Å². The molecule has 4 aromatic rings. The highest BCUT2D eigenvalue weighted by Crippen LogP contribution is 2.33. The van der Waals surface area contributed by atoms with Crippen LogP contribution in [0.5, 0.6) is 0 Å². The molecule has 0 saturated carbocycles. The number of pyridine rings is 1. The van der Waals surface area contributed by atoms with E-state index < -0.39 is 6.17 Å². The molecule has 1 atom stereocenters. The zero-order valence-corrected chi connectivity index (χ0v) is 16.0. The standard InChI is InChI=1S/C21H17N7O2/c1-27-17-14(7-4-9-22-17)20(29)26-19(27)13-6-2-3-8-16(13)25-21(30)15-12-24-28-11-5-10-23-18(15)28/h2-12,19H,1H3,(H,25,30)(H,26,29). The van der Waals surface area contributed by atoms with Crippen molar-refractivity contribution in [1.29, 1.82) is 0 Å². The number of nitrogens with zero attached hydrogens (tertiary/aromatic N) is 5. The van der Waals surface area contributed by atoms with Crippen molar-refractivity contribution in [3.63, 3.8) is 0 Å². The molecule has 0 radical (unpaired) electrons. The van der Waals surface area contributed by atoms with Crippen molar-refractivity contribution in [3.05, 3.63) is 83.9 Å². The Morgan fingerprint density at radius 3 is 2.83 bits per heavy atom. The molecule has 1 aliphatic heterocycles. The molecule has 9 nitrogen and oxygen atoms in total. The average molecular weight is 399 g/mol. The van der Waals surface area contributed by atoms with Gasteiger partial charge in [0.05, 0.1) is 11.8 Å². The normalized spacial score (nSPS) is 15.6. The number of hydrogen-bond acceptors (Lipinski definition) is 6. The van der Waals surface area contributed by atoms with Crippen LogP contribution in [0.3, 0.4) is 0 Å². The first-order chi connectivity index (χ1) is 14.6. The fourth-order valence-corrected chi connectivity index (χ4v) is 3.59. The zero-order valence-electron chi connectivity index (χ0n) is 16.0. The molecule has 0 saturated heterocycles. The van der Waals surface area contributed by atoms with E-state index >= 15 is 0 Å². The Morgan fingerprint density at radius 2 is 1.93 bits per heavy atom. The molecule has 5 rings (SSSR count). The SMILES string of the molecule is CN1c2ncccc2C(=O)NC1c1ccccc1NC(=O)c1cnn2cccnc12. The molecular weight excluding hydrogens is 382 g/mol. The Labute approximate surface area is 171 Å². The Morgan fingerprint density at radius 1 is 1.10 bits per heavy atom. The number of aromatic nitrogens is 4. The van der Waals surface area contributed by atoms with Gasteiger partial charge in [-0.2, -0.15) is 5.10 Å². The third-order valence-electron chi connectivity index (χ3n) is 5.05. The molecule has 9 heteroatoms. The van der Waals surface area contributed by atoms with Crippen LogP contribution in [0.25, 0.3) is 5.65 Å². The molecule has 2 amide bonds. The summed E-state index contributed by atoms with van der Waals surface area (Å²) in [5, 5.41) is 10.1. The summed E-state index contributed by atoms with van der Waals surface area (Å²) in [7, 11) is 1.85. The highest BCUT2D eigenvalue weighted by atomic mass is 16.2. The number of fused-ring (bicyclic) bond motifs is 2. The Hall–Kier alpha value is -4.27. The molecule has 1 unspecified atom stereocenters. The average Bonchev–Trinajstić information content (AvgIpc) is 3.21. The second-order valence-electron chi connectivity index (χ2n) is 6.85. The minimum atomic E-state index is -0.488. The van der Waals surface area contributed by atoms with Crippen molar-refractivity contribution in [2.24, 2.45) is 0 Å². The predicted octanol–water partition coefficient (Wildman–Crippen LogP) is 2.25. The van der Waals surface area contributed by atoms with E-state index in [0.29, 0.717) is 28.3 Å². The van der Waals surface area contributed by atoms with Gasteiger partial charge in [0.25, 0.3) is 11.8 Å². The maximum atomic E-state index is 13.0. The molecule has 148 valence electrons. The number of amides is 2. The van der Waals surface area contributed by atoms with E-state index in [-0.39, 0.29) is 11.8 Å². The summed E-state index contributed by atoms with van der Waals surface area (Å²) >= 11 is 0. The van der Waals surface area contributed by atoms with Crippen molar-refractivity contribution in [2.75, 3.05) is 17.3 Å². The van der Waals surface area contributed by atoms with Gasteiger partial charge in [-0.25, -0.2) is 14.5 Å². The van der Waals surface area contributed by atoms with Gasteiger partial charge in [-0.3, -0.25) is 9.59 Å². The molecule has 30 heavy (non-hydrogen) atoms. The Bertz CT molecular complexity index is 1280. The van der Waals surface area contributed by atoms with E-state index in [1.165, 1.54) is 6.20 Å². The third-order valence-corrected chi connectivity index (χ3v) is 5.05. The number of carbonyl (C=O) groups is 2.